The molecule has 0 aliphatic heterocycles. The van der Waals surface area contributed by atoms with E-state index in [0.29, 0.717) is 0 Å². The van der Waals surface area contributed by atoms with E-state index in [1.165, 1.54) is 0 Å². The second kappa shape index (κ2) is 5.78. The van der Waals surface area contributed by atoms with Crippen molar-refractivity contribution in [2.45, 2.75) is 33.2 Å². The Hall–Kier alpha value is 0.207. The maximum atomic E-state index is 6.54. The molecule has 3 heteroatoms. The Labute approximate surface area is 82.2 Å². The molecule has 1 nitrogen and oxygen atoms in total. The van der Waals surface area contributed by atoms with E-state index in [-0.39, 0.29) is 0 Å². The predicted molar refractivity (Wildman–Crippen MR) is 59.8 cm³/mol. The van der Waals surface area contributed by atoms with Gasteiger partial charge in [0.25, 0.3) is 7.55 Å². The van der Waals surface area contributed by atoms with Crippen molar-refractivity contribution in [1.29, 1.82) is 0 Å². The molecule has 1 unspecified atom stereocenters. The molecular formula is C9H20ClNSi. The van der Waals surface area contributed by atoms with Crippen LogP contribution in [0.5, 0.6) is 0 Å². The van der Waals surface area contributed by atoms with E-state index in [2.05, 4.69) is 31.9 Å². The van der Waals surface area contributed by atoms with Gasteiger partial charge in [-0.2, -0.15) is 0 Å². The highest BCUT2D eigenvalue weighted by molar-refractivity contribution is 7.21. The monoisotopic (exact) mass is 205 g/mol. The Balaban J connectivity index is 4.35. The largest absolute Gasteiger partial charge is 0.309 e. The van der Waals surface area contributed by atoms with Crippen LogP contribution in [-0.4, -0.2) is 25.2 Å². The molecule has 12 heavy (non-hydrogen) atoms. The van der Waals surface area contributed by atoms with Crippen LogP contribution in [0.25, 0.3) is 0 Å². The molecule has 1 atom stereocenters. The fourth-order valence-corrected chi connectivity index (χ4v) is 5.30. The van der Waals surface area contributed by atoms with Crippen molar-refractivity contribution in [3.05, 3.63) is 12.3 Å². The Morgan fingerprint density at radius 3 is 2.08 bits per heavy atom. The third-order valence-corrected chi connectivity index (χ3v) is 7.46. The van der Waals surface area contributed by atoms with Crippen molar-refractivity contribution in [3.63, 3.8) is 0 Å². The quantitative estimate of drug-likeness (QED) is 0.476. The lowest BCUT2D eigenvalue weighted by molar-refractivity contribution is 0.476. The van der Waals surface area contributed by atoms with Gasteiger partial charge in [-0.1, -0.05) is 32.9 Å². The summed E-state index contributed by atoms with van der Waals surface area (Å²) in [5.74, 6) is 0. The number of hydrogen-bond acceptors (Lipinski definition) is 1. The topological polar surface area (TPSA) is 3.24 Å². The summed E-state index contributed by atoms with van der Waals surface area (Å²) in [6, 6.07) is 1.11. The SMILES string of the molecule is C=C[Si](Cl)(CCC)N(CC)CC. The van der Waals surface area contributed by atoms with Gasteiger partial charge in [-0.05, 0) is 19.1 Å². The predicted octanol–water partition coefficient (Wildman–Crippen LogP) is 3.14. The molecular weight excluding hydrogens is 186 g/mol. The lowest BCUT2D eigenvalue weighted by atomic mass is 10.6. The first kappa shape index (κ1) is 12.2. The molecule has 72 valence electrons. The molecule has 0 amide bonds. The van der Waals surface area contributed by atoms with E-state index in [1.807, 2.05) is 5.70 Å². The van der Waals surface area contributed by atoms with Crippen LogP contribution in [0, 0.1) is 0 Å². The summed E-state index contributed by atoms with van der Waals surface area (Å²) in [6.07, 6.45) is 1.15. The first-order chi connectivity index (χ1) is 5.64. The zero-order valence-electron chi connectivity index (χ0n) is 8.44. The highest BCUT2D eigenvalue weighted by Crippen LogP contribution is 2.22. The summed E-state index contributed by atoms with van der Waals surface area (Å²) < 4.78 is 2.37. The van der Waals surface area contributed by atoms with Crippen LogP contribution in [0.1, 0.15) is 27.2 Å². The summed E-state index contributed by atoms with van der Waals surface area (Å²) in [5, 5.41) is 0. The summed E-state index contributed by atoms with van der Waals surface area (Å²) in [5.41, 5.74) is 1.99. The van der Waals surface area contributed by atoms with Crippen LogP contribution in [0.4, 0.5) is 0 Å². The van der Waals surface area contributed by atoms with Crippen molar-refractivity contribution >= 4 is 18.6 Å². The van der Waals surface area contributed by atoms with E-state index in [4.69, 9.17) is 11.1 Å². The molecule has 0 radical (unpaired) electrons. The van der Waals surface area contributed by atoms with Crippen molar-refractivity contribution in [3.8, 4) is 0 Å². The molecule has 0 fully saturated rings. The summed E-state index contributed by atoms with van der Waals surface area (Å²) in [7, 11) is -1.78. The molecule has 0 saturated heterocycles. The second-order valence-corrected chi connectivity index (χ2v) is 8.09. The van der Waals surface area contributed by atoms with Gasteiger partial charge < -0.3 is 4.57 Å². The van der Waals surface area contributed by atoms with Gasteiger partial charge >= 0.3 is 0 Å². The first-order valence-electron chi connectivity index (χ1n) is 4.72. The maximum Gasteiger partial charge on any atom is 0.252 e. The number of rotatable bonds is 6. The summed E-state index contributed by atoms with van der Waals surface area (Å²) >= 11 is 6.54. The third kappa shape index (κ3) is 2.92. The van der Waals surface area contributed by atoms with Gasteiger partial charge in [-0.3, -0.25) is 0 Å². The second-order valence-electron chi connectivity index (χ2n) is 2.95. The number of halogens is 1. The Morgan fingerprint density at radius 2 is 1.83 bits per heavy atom. The molecule has 0 aliphatic carbocycles. The van der Waals surface area contributed by atoms with E-state index in [9.17, 15) is 0 Å². The Morgan fingerprint density at radius 1 is 1.33 bits per heavy atom. The number of nitrogens with zero attached hydrogens (tertiary/aromatic N) is 1. The third-order valence-electron chi connectivity index (χ3n) is 2.20. The van der Waals surface area contributed by atoms with Crippen LogP contribution in [0.3, 0.4) is 0 Å². The molecule has 0 aromatic heterocycles. The molecule has 0 N–H and O–H groups in total. The van der Waals surface area contributed by atoms with E-state index in [0.717, 1.165) is 25.6 Å². The van der Waals surface area contributed by atoms with Gasteiger partial charge in [0.15, 0.2) is 0 Å². The molecule has 0 spiro atoms. The smallest absolute Gasteiger partial charge is 0.252 e. The minimum atomic E-state index is -1.78. The van der Waals surface area contributed by atoms with Crippen molar-refractivity contribution in [1.82, 2.24) is 4.57 Å². The minimum Gasteiger partial charge on any atom is -0.309 e. The van der Waals surface area contributed by atoms with E-state index >= 15 is 0 Å². The first-order valence-corrected chi connectivity index (χ1v) is 7.96. The molecule has 0 aromatic rings. The Kier molecular flexibility index (Phi) is 5.88. The Bertz CT molecular complexity index is 136. The molecule has 0 aromatic carbocycles. The summed E-state index contributed by atoms with van der Waals surface area (Å²) in [4.78, 5) is 0. The van der Waals surface area contributed by atoms with Gasteiger partial charge in [-0.15, -0.1) is 17.7 Å². The van der Waals surface area contributed by atoms with Crippen LogP contribution in [0.15, 0.2) is 12.3 Å². The lowest BCUT2D eigenvalue weighted by Gasteiger charge is -2.32. The van der Waals surface area contributed by atoms with E-state index in [1.54, 1.807) is 0 Å². The average molecular weight is 206 g/mol. The van der Waals surface area contributed by atoms with Gasteiger partial charge in [0, 0.05) is 0 Å². The number of hydrogen-bond donors (Lipinski definition) is 0. The minimum absolute atomic E-state index is 1.04. The molecule has 0 rings (SSSR count). The van der Waals surface area contributed by atoms with Gasteiger partial charge in [0.1, 0.15) is 0 Å². The standard InChI is InChI=1S/C9H20ClNSi/c1-5-9-12(10,8-4)11(6-2)7-3/h8H,4-7,9H2,1-3H3. The van der Waals surface area contributed by atoms with Crippen LogP contribution in [0.2, 0.25) is 6.04 Å². The highest BCUT2D eigenvalue weighted by Gasteiger charge is 2.31. The zero-order chi connectivity index (χ0) is 9.61. The lowest BCUT2D eigenvalue weighted by Crippen LogP contribution is -2.47. The van der Waals surface area contributed by atoms with Gasteiger partial charge in [0.2, 0.25) is 0 Å². The van der Waals surface area contributed by atoms with Crippen LogP contribution < -0.4 is 0 Å². The van der Waals surface area contributed by atoms with Crippen molar-refractivity contribution in [2.75, 3.05) is 13.1 Å². The maximum absolute atomic E-state index is 6.54. The van der Waals surface area contributed by atoms with E-state index < -0.39 is 7.55 Å². The molecule has 0 heterocycles. The van der Waals surface area contributed by atoms with Crippen LogP contribution in [-0.2, 0) is 0 Å². The molecule has 0 saturated carbocycles. The normalized spacial score (nSPS) is 16.1. The fraction of sp³-hybridized carbons (Fsp3) is 0.778. The average Bonchev–Trinajstić information content (AvgIpc) is 2.07. The van der Waals surface area contributed by atoms with Crippen LogP contribution >= 0.6 is 11.1 Å². The van der Waals surface area contributed by atoms with Crippen molar-refractivity contribution in [2.24, 2.45) is 0 Å². The van der Waals surface area contributed by atoms with Gasteiger partial charge in [-0.25, -0.2) is 0 Å². The zero-order valence-corrected chi connectivity index (χ0v) is 10.2. The molecule has 0 aliphatic rings. The summed E-state index contributed by atoms with van der Waals surface area (Å²) in [6.45, 7) is 12.4. The van der Waals surface area contributed by atoms with Crippen molar-refractivity contribution < 1.29 is 0 Å². The highest BCUT2D eigenvalue weighted by atomic mass is 35.6. The molecule has 0 bridgehead atoms. The fourth-order valence-electron chi connectivity index (χ4n) is 1.49. The van der Waals surface area contributed by atoms with Gasteiger partial charge in [0.05, 0.1) is 0 Å².